The minimum absolute atomic E-state index is 0.00778. The maximum atomic E-state index is 12.4. The highest BCUT2D eigenvalue weighted by Crippen LogP contribution is 2.24. The topological polar surface area (TPSA) is 61.4 Å². The first-order valence-corrected chi connectivity index (χ1v) is 8.82. The number of carbonyl (C=O) groups is 1. The Balaban J connectivity index is 1.94. The number of amides is 1. The molecule has 1 amide bonds. The number of aliphatic hydroxyl groups is 1. The molecule has 0 bridgehead atoms. The second-order valence-electron chi connectivity index (χ2n) is 6.71. The van der Waals surface area contributed by atoms with Gasteiger partial charge in [0.1, 0.15) is 0 Å². The maximum Gasteiger partial charge on any atom is 0.225 e. The Morgan fingerprint density at radius 3 is 2.28 bits per heavy atom. The van der Waals surface area contributed by atoms with Crippen molar-refractivity contribution in [1.82, 2.24) is 5.32 Å². The van der Waals surface area contributed by atoms with Crippen LogP contribution in [0.4, 0.5) is 5.69 Å². The summed E-state index contributed by atoms with van der Waals surface area (Å²) in [4.78, 5) is 12.4. The van der Waals surface area contributed by atoms with Gasteiger partial charge >= 0.3 is 0 Å². The van der Waals surface area contributed by atoms with E-state index >= 15 is 0 Å². The van der Waals surface area contributed by atoms with E-state index in [4.69, 9.17) is 0 Å². The molecule has 0 heterocycles. The second kappa shape index (κ2) is 9.35. The summed E-state index contributed by atoms with van der Waals surface area (Å²) < 4.78 is 0. The highest BCUT2D eigenvalue weighted by molar-refractivity contribution is 5.92. The zero-order valence-corrected chi connectivity index (χ0v) is 15.2. The van der Waals surface area contributed by atoms with Crippen molar-refractivity contribution in [2.75, 3.05) is 11.9 Å². The van der Waals surface area contributed by atoms with Crippen LogP contribution in [0.3, 0.4) is 0 Å². The van der Waals surface area contributed by atoms with E-state index in [1.54, 1.807) is 0 Å². The minimum Gasteiger partial charge on any atom is -0.394 e. The molecule has 0 aliphatic heterocycles. The lowest BCUT2D eigenvalue weighted by atomic mass is 10.0. The molecule has 25 heavy (non-hydrogen) atoms. The molecule has 0 spiro atoms. The predicted molar refractivity (Wildman–Crippen MR) is 103 cm³/mol. The molecule has 2 aromatic carbocycles. The SMILES string of the molecule is CC(CC(=O)Nc1ccccc1C(C)C)NC(CO)c1ccccc1. The molecular formula is C21H28N2O2. The van der Waals surface area contributed by atoms with Crippen molar-refractivity contribution in [2.45, 2.75) is 45.2 Å². The normalized spacial score (nSPS) is 13.5. The average molecular weight is 340 g/mol. The van der Waals surface area contributed by atoms with Gasteiger partial charge in [-0.2, -0.15) is 0 Å². The van der Waals surface area contributed by atoms with Crippen LogP contribution in [0, 0.1) is 0 Å². The van der Waals surface area contributed by atoms with E-state index in [0.29, 0.717) is 12.3 Å². The third kappa shape index (κ3) is 5.69. The first-order chi connectivity index (χ1) is 12.0. The molecule has 4 heteroatoms. The van der Waals surface area contributed by atoms with Crippen molar-refractivity contribution in [2.24, 2.45) is 0 Å². The van der Waals surface area contributed by atoms with Crippen LogP contribution in [-0.4, -0.2) is 23.7 Å². The van der Waals surface area contributed by atoms with Crippen molar-refractivity contribution >= 4 is 11.6 Å². The molecule has 4 nitrogen and oxygen atoms in total. The Bertz CT molecular complexity index is 671. The van der Waals surface area contributed by atoms with Crippen molar-refractivity contribution in [1.29, 1.82) is 0 Å². The molecule has 0 aliphatic carbocycles. The summed E-state index contributed by atoms with van der Waals surface area (Å²) in [7, 11) is 0. The van der Waals surface area contributed by atoms with Crippen molar-refractivity contribution in [3.63, 3.8) is 0 Å². The summed E-state index contributed by atoms with van der Waals surface area (Å²) in [6.07, 6.45) is 0.343. The number of anilines is 1. The number of nitrogens with one attached hydrogen (secondary N) is 2. The van der Waals surface area contributed by atoms with Crippen LogP contribution in [-0.2, 0) is 4.79 Å². The third-order valence-corrected chi connectivity index (χ3v) is 4.22. The van der Waals surface area contributed by atoms with Crippen LogP contribution in [0.1, 0.15) is 50.3 Å². The van der Waals surface area contributed by atoms with Crippen molar-refractivity contribution < 1.29 is 9.90 Å². The van der Waals surface area contributed by atoms with E-state index in [0.717, 1.165) is 16.8 Å². The first kappa shape index (κ1) is 19.2. The van der Waals surface area contributed by atoms with Gasteiger partial charge in [0.25, 0.3) is 0 Å². The lowest BCUT2D eigenvalue weighted by Gasteiger charge is -2.22. The van der Waals surface area contributed by atoms with Gasteiger partial charge in [0, 0.05) is 18.2 Å². The molecule has 2 aromatic rings. The van der Waals surface area contributed by atoms with E-state index in [2.05, 4.69) is 24.5 Å². The number of carbonyl (C=O) groups excluding carboxylic acids is 1. The zero-order chi connectivity index (χ0) is 18.2. The fourth-order valence-corrected chi connectivity index (χ4v) is 2.94. The average Bonchev–Trinajstić information content (AvgIpc) is 2.60. The minimum atomic E-state index is -0.174. The van der Waals surface area contributed by atoms with E-state index < -0.39 is 0 Å². The summed E-state index contributed by atoms with van der Waals surface area (Å²) in [6.45, 7) is 6.17. The molecule has 3 N–H and O–H groups in total. The van der Waals surface area contributed by atoms with Crippen LogP contribution in [0.25, 0.3) is 0 Å². The van der Waals surface area contributed by atoms with Crippen molar-refractivity contribution in [3.05, 3.63) is 65.7 Å². The lowest BCUT2D eigenvalue weighted by Crippen LogP contribution is -2.35. The molecule has 0 fully saturated rings. The summed E-state index contributed by atoms with van der Waals surface area (Å²) in [5.41, 5.74) is 3.02. The predicted octanol–water partition coefficient (Wildman–Crippen LogP) is 3.85. The van der Waals surface area contributed by atoms with Gasteiger partial charge in [-0.25, -0.2) is 0 Å². The molecule has 0 aliphatic rings. The molecule has 0 radical (unpaired) electrons. The molecule has 134 valence electrons. The Morgan fingerprint density at radius 2 is 1.64 bits per heavy atom. The molecule has 0 saturated heterocycles. The van der Waals surface area contributed by atoms with E-state index in [1.165, 1.54) is 0 Å². The highest BCUT2D eigenvalue weighted by atomic mass is 16.3. The molecular weight excluding hydrogens is 312 g/mol. The lowest BCUT2D eigenvalue weighted by molar-refractivity contribution is -0.116. The third-order valence-electron chi connectivity index (χ3n) is 4.22. The van der Waals surface area contributed by atoms with Gasteiger partial charge in [-0.3, -0.25) is 4.79 Å². The quantitative estimate of drug-likeness (QED) is 0.684. The standard InChI is InChI=1S/C21H28N2O2/c1-15(2)18-11-7-8-12-19(18)23-21(25)13-16(3)22-20(14-24)17-9-5-4-6-10-17/h4-12,15-16,20,22,24H,13-14H2,1-3H3,(H,23,25). The second-order valence-corrected chi connectivity index (χ2v) is 6.71. The number of hydrogen-bond donors (Lipinski definition) is 3. The number of hydrogen-bond acceptors (Lipinski definition) is 3. The highest BCUT2D eigenvalue weighted by Gasteiger charge is 2.16. The molecule has 2 rings (SSSR count). The van der Waals surface area contributed by atoms with Crippen LogP contribution < -0.4 is 10.6 Å². The fraction of sp³-hybridized carbons (Fsp3) is 0.381. The summed E-state index contributed by atoms with van der Waals surface area (Å²) in [6, 6.07) is 17.4. The van der Waals surface area contributed by atoms with Crippen LogP contribution in [0.2, 0.25) is 0 Å². The van der Waals surface area contributed by atoms with Crippen LogP contribution in [0.15, 0.2) is 54.6 Å². The number of benzene rings is 2. The van der Waals surface area contributed by atoms with Crippen LogP contribution >= 0.6 is 0 Å². The Labute approximate surface area is 150 Å². The monoisotopic (exact) mass is 340 g/mol. The van der Waals surface area contributed by atoms with Crippen molar-refractivity contribution in [3.8, 4) is 0 Å². The smallest absolute Gasteiger partial charge is 0.225 e. The largest absolute Gasteiger partial charge is 0.394 e. The van der Waals surface area contributed by atoms with Crippen LogP contribution in [0.5, 0.6) is 0 Å². The first-order valence-electron chi connectivity index (χ1n) is 8.82. The Hall–Kier alpha value is -2.17. The number of para-hydroxylation sites is 1. The number of aliphatic hydroxyl groups excluding tert-OH is 1. The van der Waals surface area contributed by atoms with E-state index in [1.807, 2.05) is 61.5 Å². The Kier molecular flexibility index (Phi) is 7.16. The van der Waals surface area contributed by atoms with Gasteiger partial charge in [-0.05, 0) is 30.0 Å². The van der Waals surface area contributed by atoms with Gasteiger partial charge in [0.05, 0.1) is 12.6 Å². The van der Waals surface area contributed by atoms with Gasteiger partial charge in [-0.15, -0.1) is 0 Å². The summed E-state index contributed by atoms with van der Waals surface area (Å²) >= 11 is 0. The number of rotatable bonds is 8. The van der Waals surface area contributed by atoms with E-state index in [9.17, 15) is 9.90 Å². The van der Waals surface area contributed by atoms with Gasteiger partial charge < -0.3 is 15.7 Å². The maximum absolute atomic E-state index is 12.4. The molecule has 0 saturated carbocycles. The fourth-order valence-electron chi connectivity index (χ4n) is 2.94. The van der Waals surface area contributed by atoms with Gasteiger partial charge in [-0.1, -0.05) is 62.4 Å². The molecule has 2 unspecified atom stereocenters. The van der Waals surface area contributed by atoms with Gasteiger partial charge in [0.2, 0.25) is 5.91 Å². The summed E-state index contributed by atoms with van der Waals surface area (Å²) in [5, 5.41) is 16.0. The molecule has 0 aromatic heterocycles. The summed E-state index contributed by atoms with van der Waals surface area (Å²) in [5.74, 6) is 0.321. The Morgan fingerprint density at radius 1 is 1.00 bits per heavy atom. The van der Waals surface area contributed by atoms with E-state index in [-0.39, 0.29) is 24.6 Å². The zero-order valence-electron chi connectivity index (χ0n) is 15.2. The van der Waals surface area contributed by atoms with Gasteiger partial charge in [0.15, 0.2) is 0 Å². The molecule has 2 atom stereocenters.